The summed E-state index contributed by atoms with van der Waals surface area (Å²) in [7, 11) is 0. The van der Waals surface area contributed by atoms with E-state index in [9.17, 15) is 0 Å². The topological polar surface area (TPSA) is 61.1 Å². The molecule has 0 aliphatic heterocycles. The second-order valence-corrected chi connectivity index (χ2v) is 5.15. The van der Waals surface area contributed by atoms with Crippen LogP contribution in [0.15, 0.2) is 35.4 Å². The number of aromatic nitrogens is 1. The summed E-state index contributed by atoms with van der Waals surface area (Å²) in [5.74, 6) is 0.195. The Labute approximate surface area is 137 Å². The molecule has 4 nitrogen and oxygen atoms in total. The number of pyridine rings is 1. The van der Waals surface area contributed by atoms with Crippen LogP contribution in [-0.2, 0) is 0 Å². The van der Waals surface area contributed by atoms with E-state index in [1.165, 1.54) is 0 Å². The Morgan fingerprint density at radius 1 is 1.19 bits per heavy atom. The molecule has 0 aliphatic rings. The fraction of sp³-hybridized carbons (Fsp3) is 0.0714. The number of hydrogen-bond donors (Lipinski definition) is 1. The van der Waals surface area contributed by atoms with Crippen molar-refractivity contribution in [3.8, 4) is 6.07 Å². The van der Waals surface area contributed by atoms with E-state index in [1.807, 2.05) is 43.3 Å². The fourth-order valence-corrected chi connectivity index (χ4v) is 2.23. The highest BCUT2D eigenvalue weighted by Crippen LogP contribution is 2.34. The zero-order valence-electron chi connectivity index (χ0n) is 10.9. The van der Waals surface area contributed by atoms with Gasteiger partial charge in [0.2, 0.25) is 0 Å². The van der Waals surface area contributed by atoms with Crippen molar-refractivity contribution in [3.63, 3.8) is 0 Å². The Bertz CT molecular complexity index is 736. The van der Waals surface area contributed by atoms with Crippen molar-refractivity contribution < 1.29 is 0 Å². The molecule has 1 heterocycles. The first-order valence-corrected chi connectivity index (χ1v) is 6.98. The van der Waals surface area contributed by atoms with E-state index in [0.29, 0.717) is 0 Å². The van der Waals surface area contributed by atoms with E-state index < -0.39 is 0 Å². The average Bonchev–Trinajstić information content (AvgIpc) is 2.50. The van der Waals surface area contributed by atoms with E-state index in [4.69, 9.17) is 40.1 Å². The highest BCUT2D eigenvalue weighted by molar-refractivity contribution is 6.45. The standard InChI is InChI=1S/C14H9Cl3N4/c1-8(9-5-3-2-4-6-9)20-21-14-12(16)11(15)10(7-18)13(17)19-14/h2-6H,1H3,(H,19,21)/b20-8+. The van der Waals surface area contributed by atoms with Crippen LogP contribution in [0.1, 0.15) is 18.1 Å². The Morgan fingerprint density at radius 2 is 1.86 bits per heavy atom. The molecular weight excluding hydrogens is 331 g/mol. The van der Waals surface area contributed by atoms with Crippen LogP contribution >= 0.6 is 34.8 Å². The molecule has 0 saturated heterocycles. The highest BCUT2D eigenvalue weighted by atomic mass is 35.5. The molecule has 0 spiro atoms. The largest absolute Gasteiger partial charge is 0.260 e. The van der Waals surface area contributed by atoms with Crippen LogP contribution in [0, 0.1) is 11.3 Å². The smallest absolute Gasteiger partial charge is 0.168 e. The first-order valence-electron chi connectivity index (χ1n) is 5.85. The van der Waals surface area contributed by atoms with Gasteiger partial charge in [-0.05, 0) is 12.5 Å². The predicted octanol–water partition coefficient (Wildman–Crippen LogP) is 4.75. The van der Waals surface area contributed by atoms with Crippen molar-refractivity contribution in [1.29, 1.82) is 5.26 Å². The molecule has 2 rings (SSSR count). The van der Waals surface area contributed by atoms with Gasteiger partial charge in [-0.3, -0.25) is 5.43 Å². The van der Waals surface area contributed by atoms with Crippen LogP contribution in [-0.4, -0.2) is 10.7 Å². The first-order chi connectivity index (χ1) is 10.0. The number of hydrogen-bond acceptors (Lipinski definition) is 4. The third kappa shape index (κ3) is 3.45. The highest BCUT2D eigenvalue weighted by Gasteiger charge is 2.16. The Hall–Kier alpha value is -1.80. The number of nitriles is 1. The van der Waals surface area contributed by atoms with Gasteiger partial charge in [-0.15, -0.1) is 0 Å². The molecule has 7 heteroatoms. The average molecular weight is 340 g/mol. The van der Waals surface area contributed by atoms with E-state index >= 15 is 0 Å². The first kappa shape index (κ1) is 15.6. The molecule has 0 unspecified atom stereocenters. The summed E-state index contributed by atoms with van der Waals surface area (Å²) < 4.78 is 0. The monoisotopic (exact) mass is 338 g/mol. The van der Waals surface area contributed by atoms with Gasteiger partial charge in [-0.25, -0.2) is 4.98 Å². The minimum Gasteiger partial charge on any atom is -0.260 e. The van der Waals surface area contributed by atoms with Gasteiger partial charge in [0.25, 0.3) is 0 Å². The molecule has 1 N–H and O–H groups in total. The molecule has 0 fully saturated rings. The second-order valence-electron chi connectivity index (χ2n) is 4.04. The Balaban J connectivity index is 2.31. The number of hydrazone groups is 1. The minimum atomic E-state index is -0.0260. The van der Waals surface area contributed by atoms with Gasteiger partial charge in [0.05, 0.1) is 10.7 Å². The fourth-order valence-electron chi connectivity index (χ4n) is 1.56. The molecule has 1 aromatic carbocycles. The lowest BCUT2D eigenvalue weighted by Gasteiger charge is -2.08. The van der Waals surface area contributed by atoms with Crippen molar-refractivity contribution in [2.45, 2.75) is 6.92 Å². The molecule has 2 aromatic rings. The third-order valence-electron chi connectivity index (χ3n) is 2.67. The summed E-state index contributed by atoms with van der Waals surface area (Å²) in [4.78, 5) is 3.98. The number of nitrogens with one attached hydrogen (secondary N) is 1. The van der Waals surface area contributed by atoms with Gasteiger partial charge in [0, 0.05) is 0 Å². The normalized spacial score (nSPS) is 11.1. The number of halogens is 3. The van der Waals surface area contributed by atoms with Crippen LogP contribution in [0.3, 0.4) is 0 Å². The number of nitrogens with zero attached hydrogens (tertiary/aromatic N) is 3. The van der Waals surface area contributed by atoms with Gasteiger partial charge in [-0.1, -0.05) is 65.1 Å². The molecule has 21 heavy (non-hydrogen) atoms. The maximum atomic E-state index is 8.92. The van der Waals surface area contributed by atoms with Crippen molar-refractivity contribution in [1.82, 2.24) is 4.98 Å². The molecular formula is C14H9Cl3N4. The number of rotatable bonds is 3. The van der Waals surface area contributed by atoms with Crippen LogP contribution in [0.2, 0.25) is 15.2 Å². The molecule has 0 saturated carbocycles. The Kier molecular flexibility index (Phi) is 5.03. The summed E-state index contributed by atoms with van der Waals surface area (Å²) in [6.07, 6.45) is 0. The molecule has 106 valence electrons. The molecule has 0 radical (unpaired) electrons. The van der Waals surface area contributed by atoms with Gasteiger partial charge in [0.1, 0.15) is 16.7 Å². The van der Waals surface area contributed by atoms with Gasteiger partial charge in [0.15, 0.2) is 11.0 Å². The SMILES string of the molecule is C/C(=N\Nc1nc(Cl)c(C#N)c(Cl)c1Cl)c1ccccc1. The molecule has 0 atom stereocenters. The van der Waals surface area contributed by atoms with E-state index in [-0.39, 0.29) is 26.6 Å². The van der Waals surface area contributed by atoms with Crippen molar-refractivity contribution >= 4 is 46.3 Å². The Morgan fingerprint density at radius 3 is 2.48 bits per heavy atom. The quantitative estimate of drug-likeness (QED) is 0.498. The summed E-state index contributed by atoms with van der Waals surface area (Å²) in [6, 6.07) is 11.4. The zero-order chi connectivity index (χ0) is 15.4. The molecule has 1 aromatic heterocycles. The van der Waals surface area contributed by atoms with Crippen LogP contribution in [0.4, 0.5) is 5.82 Å². The number of benzene rings is 1. The zero-order valence-corrected chi connectivity index (χ0v) is 13.1. The van der Waals surface area contributed by atoms with Crippen molar-refractivity contribution in [2.24, 2.45) is 5.10 Å². The minimum absolute atomic E-state index is 0.0260. The maximum absolute atomic E-state index is 8.92. The van der Waals surface area contributed by atoms with Crippen LogP contribution in [0.5, 0.6) is 0 Å². The van der Waals surface area contributed by atoms with Gasteiger partial charge >= 0.3 is 0 Å². The molecule has 0 amide bonds. The van der Waals surface area contributed by atoms with Crippen molar-refractivity contribution in [3.05, 3.63) is 56.7 Å². The lowest BCUT2D eigenvalue weighted by atomic mass is 10.1. The van der Waals surface area contributed by atoms with Gasteiger partial charge in [-0.2, -0.15) is 10.4 Å². The molecule has 0 bridgehead atoms. The summed E-state index contributed by atoms with van der Waals surface area (Å²) in [5.41, 5.74) is 4.44. The van der Waals surface area contributed by atoms with E-state index in [1.54, 1.807) is 0 Å². The van der Waals surface area contributed by atoms with E-state index in [2.05, 4.69) is 15.5 Å². The van der Waals surface area contributed by atoms with Crippen molar-refractivity contribution in [2.75, 3.05) is 5.43 Å². The van der Waals surface area contributed by atoms with Crippen LogP contribution < -0.4 is 5.43 Å². The summed E-state index contributed by atoms with van der Waals surface area (Å²) >= 11 is 17.9. The summed E-state index contributed by atoms with van der Waals surface area (Å²) in [5, 5.41) is 13.2. The second kappa shape index (κ2) is 6.77. The molecule has 0 aliphatic carbocycles. The lowest BCUT2D eigenvalue weighted by Crippen LogP contribution is -2.02. The van der Waals surface area contributed by atoms with Gasteiger partial charge < -0.3 is 0 Å². The van der Waals surface area contributed by atoms with Crippen LogP contribution in [0.25, 0.3) is 0 Å². The lowest BCUT2D eigenvalue weighted by molar-refractivity contribution is 1.21. The maximum Gasteiger partial charge on any atom is 0.168 e. The number of anilines is 1. The third-order valence-corrected chi connectivity index (χ3v) is 3.79. The predicted molar refractivity (Wildman–Crippen MR) is 86.3 cm³/mol. The summed E-state index contributed by atoms with van der Waals surface area (Å²) in [6.45, 7) is 1.84. The van der Waals surface area contributed by atoms with E-state index in [0.717, 1.165) is 11.3 Å².